The molecule has 0 bridgehead atoms. The van der Waals surface area contributed by atoms with E-state index in [0.717, 1.165) is 20.8 Å². The zero-order chi connectivity index (χ0) is 14.9. The second-order valence-electron chi connectivity index (χ2n) is 4.60. The van der Waals surface area contributed by atoms with E-state index < -0.39 is 10.1 Å². The minimum atomic E-state index is -3.93. The second kappa shape index (κ2) is 5.51. The van der Waals surface area contributed by atoms with Crippen molar-refractivity contribution >= 4 is 31.7 Å². The molecule has 0 aliphatic rings. The van der Waals surface area contributed by atoms with Crippen LogP contribution in [0.25, 0.3) is 20.8 Å². The molecule has 0 fully saturated rings. The zero-order valence-electron chi connectivity index (χ0n) is 11.0. The predicted molar refractivity (Wildman–Crippen MR) is 81.7 cm³/mol. The summed E-state index contributed by atoms with van der Waals surface area (Å²) in [5.74, 6) is -0.294. The lowest BCUT2D eigenvalue weighted by Crippen LogP contribution is -2.36. The van der Waals surface area contributed by atoms with Gasteiger partial charge in [0.2, 0.25) is 0 Å². The number of pyridine rings is 1. The molecule has 0 aliphatic heterocycles. The molecule has 2 aromatic heterocycles. The lowest BCUT2D eigenvalue weighted by atomic mass is 10.3. The van der Waals surface area contributed by atoms with E-state index in [4.69, 9.17) is 4.55 Å². The first-order valence-electron chi connectivity index (χ1n) is 6.31. The summed E-state index contributed by atoms with van der Waals surface area (Å²) < 4.78 is 33.0. The Hall–Kier alpha value is -1.83. The van der Waals surface area contributed by atoms with Gasteiger partial charge in [-0.2, -0.15) is 8.42 Å². The number of hydrogen-bond donors (Lipinski definition) is 1. The summed E-state index contributed by atoms with van der Waals surface area (Å²) >= 11 is 1.62. The van der Waals surface area contributed by atoms with Gasteiger partial charge in [0, 0.05) is 17.7 Å². The molecule has 0 saturated heterocycles. The highest BCUT2D eigenvalue weighted by Crippen LogP contribution is 2.29. The van der Waals surface area contributed by atoms with Crippen molar-refractivity contribution in [1.29, 1.82) is 0 Å². The zero-order valence-corrected chi connectivity index (χ0v) is 12.6. The van der Waals surface area contributed by atoms with Crippen LogP contribution >= 0.6 is 11.3 Å². The lowest BCUT2D eigenvalue weighted by molar-refractivity contribution is -0.692. The molecule has 3 rings (SSSR count). The van der Waals surface area contributed by atoms with Gasteiger partial charge in [-0.3, -0.25) is 4.55 Å². The van der Waals surface area contributed by atoms with Crippen molar-refractivity contribution in [3.8, 4) is 10.6 Å². The fraction of sp³-hybridized carbons (Fsp3) is 0.143. The number of fused-ring (bicyclic) bond motifs is 1. The van der Waals surface area contributed by atoms with Crippen LogP contribution < -0.4 is 4.57 Å². The van der Waals surface area contributed by atoms with Gasteiger partial charge in [-0.15, -0.1) is 11.3 Å². The van der Waals surface area contributed by atoms with Crippen LogP contribution in [0.2, 0.25) is 0 Å². The fourth-order valence-corrected chi connectivity index (χ4v) is 3.38. The van der Waals surface area contributed by atoms with Crippen molar-refractivity contribution in [2.45, 2.75) is 6.54 Å². The van der Waals surface area contributed by atoms with E-state index in [1.807, 2.05) is 36.4 Å². The first-order chi connectivity index (χ1) is 10.0. The van der Waals surface area contributed by atoms with Gasteiger partial charge in [0.1, 0.15) is 10.8 Å². The van der Waals surface area contributed by atoms with Crippen LogP contribution in [0, 0.1) is 0 Å². The molecule has 21 heavy (non-hydrogen) atoms. The van der Waals surface area contributed by atoms with Crippen LogP contribution in [0.5, 0.6) is 0 Å². The maximum absolute atomic E-state index is 10.7. The molecule has 3 aromatic rings. The van der Waals surface area contributed by atoms with Gasteiger partial charge in [-0.05, 0) is 12.1 Å². The van der Waals surface area contributed by atoms with Gasteiger partial charge < -0.3 is 0 Å². The molecular weight excluding hydrogens is 308 g/mol. The molecule has 7 heteroatoms. The molecule has 2 heterocycles. The Balaban J connectivity index is 1.83. The maximum Gasteiger partial charge on any atom is 0.271 e. The SMILES string of the molecule is O=S(=O)(O)CC[n+]1ccc(-c2nc3ccccc3s2)cc1. The summed E-state index contributed by atoms with van der Waals surface area (Å²) in [5.41, 5.74) is 1.96. The largest absolute Gasteiger partial charge is 0.285 e. The third-order valence-corrected chi connectivity index (χ3v) is 4.82. The summed E-state index contributed by atoms with van der Waals surface area (Å²) in [6.45, 7) is 0.221. The van der Waals surface area contributed by atoms with Crippen LogP contribution in [0.4, 0.5) is 0 Å². The Bertz CT molecular complexity index is 838. The van der Waals surface area contributed by atoms with E-state index in [9.17, 15) is 8.42 Å². The lowest BCUT2D eigenvalue weighted by Gasteiger charge is -1.97. The van der Waals surface area contributed by atoms with Crippen molar-refractivity contribution in [2.75, 3.05) is 5.75 Å². The van der Waals surface area contributed by atoms with Crippen LogP contribution in [0.1, 0.15) is 0 Å². The first kappa shape index (κ1) is 14.1. The summed E-state index contributed by atoms with van der Waals surface area (Å²) in [6.07, 6.45) is 3.57. The standard InChI is InChI=1S/C14H12N2O3S2/c17-21(18,19)10-9-16-7-5-11(6-8-16)14-15-12-3-1-2-4-13(12)20-14/h1-8H,9-10H2/p+1. The quantitative estimate of drug-likeness (QED) is 0.590. The minimum absolute atomic E-state index is 0.221. The summed E-state index contributed by atoms with van der Waals surface area (Å²) in [4.78, 5) is 4.57. The molecule has 1 aromatic carbocycles. The normalized spacial score (nSPS) is 11.9. The van der Waals surface area contributed by atoms with Crippen LogP contribution in [0.15, 0.2) is 48.8 Å². The first-order valence-corrected chi connectivity index (χ1v) is 8.74. The van der Waals surface area contributed by atoms with E-state index in [1.165, 1.54) is 0 Å². The molecule has 0 amide bonds. The molecule has 5 nitrogen and oxygen atoms in total. The predicted octanol–water partition coefficient (Wildman–Crippen LogP) is 2.14. The number of aromatic nitrogens is 2. The third kappa shape index (κ3) is 3.44. The molecule has 1 N–H and O–H groups in total. The van der Waals surface area contributed by atoms with Crippen LogP contribution in [-0.4, -0.2) is 23.7 Å². The summed E-state index contributed by atoms with van der Waals surface area (Å²) in [6, 6.07) is 11.7. The minimum Gasteiger partial charge on any atom is -0.285 e. The Morgan fingerprint density at radius 1 is 1.14 bits per heavy atom. The highest BCUT2D eigenvalue weighted by molar-refractivity contribution is 7.85. The van der Waals surface area contributed by atoms with Gasteiger partial charge in [-0.1, -0.05) is 12.1 Å². The van der Waals surface area contributed by atoms with Crippen LogP contribution in [-0.2, 0) is 16.7 Å². The average molecular weight is 321 g/mol. The van der Waals surface area contributed by atoms with Crippen molar-refractivity contribution in [3.05, 3.63) is 48.8 Å². The van der Waals surface area contributed by atoms with E-state index in [0.29, 0.717) is 0 Å². The van der Waals surface area contributed by atoms with E-state index >= 15 is 0 Å². The number of aryl methyl sites for hydroxylation is 1. The number of hydrogen-bond acceptors (Lipinski definition) is 4. The van der Waals surface area contributed by atoms with Gasteiger partial charge in [0.15, 0.2) is 18.9 Å². The number of rotatable bonds is 4. The van der Waals surface area contributed by atoms with Crippen molar-refractivity contribution < 1.29 is 17.5 Å². The monoisotopic (exact) mass is 321 g/mol. The maximum atomic E-state index is 10.7. The Kier molecular flexibility index (Phi) is 3.71. The number of benzene rings is 1. The third-order valence-electron chi connectivity index (χ3n) is 3.04. The van der Waals surface area contributed by atoms with Crippen molar-refractivity contribution in [3.63, 3.8) is 0 Å². The van der Waals surface area contributed by atoms with Gasteiger partial charge in [0.25, 0.3) is 10.1 Å². The highest BCUT2D eigenvalue weighted by atomic mass is 32.2. The van der Waals surface area contributed by atoms with Crippen LogP contribution in [0.3, 0.4) is 0 Å². The van der Waals surface area contributed by atoms with E-state index in [-0.39, 0.29) is 12.3 Å². The Morgan fingerprint density at radius 3 is 2.52 bits per heavy atom. The number of para-hydroxylation sites is 1. The highest BCUT2D eigenvalue weighted by Gasteiger charge is 2.11. The molecule has 108 valence electrons. The molecule has 0 spiro atoms. The van der Waals surface area contributed by atoms with Gasteiger partial charge in [0.05, 0.1) is 10.2 Å². The second-order valence-corrected chi connectivity index (χ2v) is 7.20. The van der Waals surface area contributed by atoms with Crippen molar-refractivity contribution in [2.24, 2.45) is 0 Å². The molecular formula is C14H13N2O3S2+. The summed E-state index contributed by atoms with van der Waals surface area (Å²) in [7, 11) is -3.93. The van der Waals surface area contributed by atoms with E-state index in [1.54, 1.807) is 28.3 Å². The molecule has 0 saturated carbocycles. The number of nitrogens with zero attached hydrogens (tertiary/aromatic N) is 2. The summed E-state index contributed by atoms with van der Waals surface area (Å²) in [5, 5.41) is 0.929. The van der Waals surface area contributed by atoms with Gasteiger partial charge in [-0.25, -0.2) is 9.55 Å². The molecule has 0 atom stereocenters. The Morgan fingerprint density at radius 2 is 1.86 bits per heavy atom. The smallest absolute Gasteiger partial charge is 0.271 e. The topological polar surface area (TPSA) is 71.1 Å². The molecule has 0 aliphatic carbocycles. The van der Waals surface area contributed by atoms with E-state index in [2.05, 4.69) is 4.98 Å². The van der Waals surface area contributed by atoms with Gasteiger partial charge >= 0.3 is 0 Å². The van der Waals surface area contributed by atoms with Crippen molar-refractivity contribution in [1.82, 2.24) is 4.98 Å². The Labute approximate surface area is 126 Å². The fourth-order valence-electron chi connectivity index (χ4n) is 1.97. The molecule has 0 unspecified atom stereocenters. The number of thiazole rings is 1. The average Bonchev–Trinajstić information content (AvgIpc) is 2.89. The molecule has 0 radical (unpaired) electrons.